The van der Waals surface area contributed by atoms with Gasteiger partial charge in [0.05, 0.1) is 13.2 Å². The molecule has 6 nitrogen and oxygen atoms in total. The lowest BCUT2D eigenvalue weighted by molar-refractivity contribution is -0.141. The van der Waals surface area contributed by atoms with E-state index in [2.05, 4.69) is 5.32 Å². The van der Waals surface area contributed by atoms with Crippen molar-refractivity contribution in [3.05, 3.63) is 59.4 Å². The average Bonchev–Trinajstić information content (AvgIpc) is 2.77. The van der Waals surface area contributed by atoms with E-state index in [0.717, 1.165) is 11.1 Å². The number of hydrogen-bond donors (Lipinski definition) is 1. The van der Waals surface area contributed by atoms with Gasteiger partial charge < -0.3 is 19.7 Å². The molecule has 0 saturated carbocycles. The second-order valence-electron chi connectivity index (χ2n) is 9.21. The van der Waals surface area contributed by atoms with Crippen molar-refractivity contribution in [2.24, 2.45) is 0 Å². The van der Waals surface area contributed by atoms with Crippen molar-refractivity contribution in [3.8, 4) is 11.5 Å². The van der Waals surface area contributed by atoms with Crippen LogP contribution in [0.5, 0.6) is 11.5 Å². The topological polar surface area (TPSA) is 67.9 Å². The minimum absolute atomic E-state index is 0.160. The van der Waals surface area contributed by atoms with Gasteiger partial charge in [-0.3, -0.25) is 9.59 Å². The zero-order valence-electron chi connectivity index (χ0n) is 21.1. The van der Waals surface area contributed by atoms with Crippen LogP contribution in [0.15, 0.2) is 42.5 Å². The Kier molecular flexibility index (Phi) is 9.90. The molecular formula is C27H37FN2O4. The number of carbonyl (C=O) groups excluding carboxylic acids is 2. The Labute approximate surface area is 202 Å². The SMILES string of the molecule is CCOc1ccc(CCC(=O)N(Cc2ccc(F)cc2)[C@@H](C)C(=O)NC(C)(C)C)cc1OCC. The van der Waals surface area contributed by atoms with Crippen LogP contribution in [-0.4, -0.2) is 41.5 Å². The molecule has 0 unspecified atom stereocenters. The Hall–Kier alpha value is -3.09. The summed E-state index contributed by atoms with van der Waals surface area (Å²) in [6, 6.07) is 10.9. The van der Waals surface area contributed by atoms with Crippen LogP contribution in [0.1, 0.15) is 59.1 Å². The zero-order valence-corrected chi connectivity index (χ0v) is 21.1. The molecule has 0 saturated heterocycles. The molecular weight excluding hydrogens is 435 g/mol. The van der Waals surface area contributed by atoms with E-state index in [1.54, 1.807) is 24.0 Å². The Morgan fingerprint density at radius 1 is 0.971 bits per heavy atom. The predicted octanol–water partition coefficient (Wildman–Crippen LogP) is 4.89. The summed E-state index contributed by atoms with van der Waals surface area (Å²) < 4.78 is 24.7. The van der Waals surface area contributed by atoms with Gasteiger partial charge >= 0.3 is 0 Å². The van der Waals surface area contributed by atoms with Crippen molar-refractivity contribution in [3.63, 3.8) is 0 Å². The number of halogens is 1. The Morgan fingerprint density at radius 2 is 1.56 bits per heavy atom. The second-order valence-corrected chi connectivity index (χ2v) is 9.21. The number of rotatable bonds is 11. The van der Waals surface area contributed by atoms with E-state index in [4.69, 9.17) is 9.47 Å². The highest BCUT2D eigenvalue weighted by Gasteiger charge is 2.28. The minimum Gasteiger partial charge on any atom is -0.490 e. The fraction of sp³-hybridized carbons (Fsp3) is 0.481. The number of hydrogen-bond acceptors (Lipinski definition) is 4. The maximum absolute atomic E-state index is 13.4. The fourth-order valence-electron chi connectivity index (χ4n) is 3.49. The fourth-order valence-corrected chi connectivity index (χ4v) is 3.49. The number of nitrogens with one attached hydrogen (secondary N) is 1. The Bertz CT molecular complexity index is 954. The number of nitrogens with zero attached hydrogens (tertiary/aromatic N) is 1. The first kappa shape index (κ1) is 27.2. The molecule has 2 amide bonds. The molecule has 1 atom stereocenters. The van der Waals surface area contributed by atoms with Gasteiger partial charge in [0.25, 0.3) is 0 Å². The van der Waals surface area contributed by atoms with Crippen LogP contribution in [0.2, 0.25) is 0 Å². The van der Waals surface area contributed by atoms with Gasteiger partial charge in [-0.25, -0.2) is 4.39 Å². The summed E-state index contributed by atoms with van der Waals surface area (Å²) in [5.74, 6) is 0.580. The molecule has 0 aliphatic heterocycles. The maximum atomic E-state index is 13.4. The summed E-state index contributed by atoms with van der Waals surface area (Å²) in [5, 5.41) is 2.94. The predicted molar refractivity (Wildman–Crippen MR) is 131 cm³/mol. The van der Waals surface area contributed by atoms with Gasteiger partial charge in [0.1, 0.15) is 11.9 Å². The van der Waals surface area contributed by atoms with Crippen LogP contribution in [0.25, 0.3) is 0 Å². The summed E-state index contributed by atoms with van der Waals surface area (Å²) in [5.41, 5.74) is 1.27. The number of benzene rings is 2. The molecule has 0 aromatic heterocycles. The normalized spacial score (nSPS) is 12.1. The highest BCUT2D eigenvalue weighted by atomic mass is 19.1. The third kappa shape index (κ3) is 8.36. The minimum atomic E-state index is -0.684. The molecule has 0 heterocycles. The third-order valence-corrected chi connectivity index (χ3v) is 5.17. The van der Waals surface area contributed by atoms with Crippen LogP contribution in [-0.2, 0) is 22.6 Å². The highest BCUT2D eigenvalue weighted by molar-refractivity contribution is 5.87. The molecule has 34 heavy (non-hydrogen) atoms. The van der Waals surface area contributed by atoms with Crippen molar-refractivity contribution in [1.29, 1.82) is 0 Å². The van der Waals surface area contributed by atoms with E-state index in [-0.39, 0.29) is 30.6 Å². The molecule has 0 fully saturated rings. The van der Waals surface area contributed by atoms with E-state index < -0.39 is 11.6 Å². The molecule has 0 radical (unpaired) electrons. The third-order valence-electron chi connectivity index (χ3n) is 5.17. The summed E-state index contributed by atoms with van der Waals surface area (Å²) in [6.45, 7) is 12.5. The molecule has 0 bridgehead atoms. The molecule has 2 rings (SSSR count). The highest BCUT2D eigenvalue weighted by Crippen LogP contribution is 2.29. The monoisotopic (exact) mass is 472 g/mol. The first-order valence-corrected chi connectivity index (χ1v) is 11.8. The number of amides is 2. The van der Waals surface area contributed by atoms with E-state index in [1.807, 2.05) is 52.8 Å². The molecule has 0 aliphatic rings. The van der Waals surface area contributed by atoms with Crippen molar-refractivity contribution < 1.29 is 23.5 Å². The van der Waals surface area contributed by atoms with Gasteiger partial charge in [-0.2, -0.15) is 0 Å². The van der Waals surface area contributed by atoms with E-state index in [1.165, 1.54) is 12.1 Å². The van der Waals surface area contributed by atoms with Crippen LogP contribution in [0.4, 0.5) is 4.39 Å². The standard InChI is InChI=1S/C27H37FN2O4/c1-7-33-23-15-11-20(17-24(23)34-8-2)12-16-25(31)30(18-21-9-13-22(28)14-10-21)19(3)26(32)29-27(4,5)6/h9-11,13-15,17,19H,7-8,12,16,18H2,1-6H3,(H,29,32)/t19-/m0/s1. The molecule has 2 aromatic rings. The average molecular weight is 473 g/mol. The lowest BCUT2D eigenvalue weighted by Crippen LogP contribution is -2.52. The maximum Gasteiger partial charge on any atom is 0.242 e. The largest absolute Gasteiger partial charge is 0.490 e. The molecule has 0 aliphatic carbocycles. The van der Waals surface area contributed by atoms with Gasteiger partial charge in [-0.1, -0.05) is 18.2 Å². The molecule has 1 N–H and O–H groups in total. The lowest BCUT2D eigenvalue weighted by Gasteiger charge is -2.31. The van der Waals surface area contributed by atoms with Crippen molar-refractivity contribution in [2.75, 3.05) is 13.2 Å². The summed E-state index contributed by atoms with van der Waals surface area (Å²) in [4.78, 5) is 27.7. The van der Waals surface area contributed by atoms with Crippen LogP contribution in [0, 0.1) is 5.82 Å². The molecule has 186 valence electrons. The van der Waals surface area contributed by atoms with Crippen LogP contribution < -0.4 is 14.8 Å². The van der Waals surface area contributed by atoms with Crippen molar-refractivity contribution in [1.82, 2.24) is 10.2 Å². The van der Waals surface area contributed by atoms with Crippen molar-refractivity contribution in [2.45, 2.75) is 72.5 Å². The van der Waals surface area contributed by atoms with Gasteiger partial charge in [0.15, 0.2) is 11.5 Å². The van der Waals surface area contributed by atoms with Gasteiger partial charge in [-0.15, -0.1) is 0 Å². The van der Waals surface area contributed by atoms with E-state index in [9.17, 15) is 14.0 Å². The molecule has 7 heteroatoms. The second kappa shape index (κ2) is 12.4. The van der Waals surface area contributed by atoms with Crippen LogP contribution in [0.3, 0.4) is 0 Å². The Morgan fingerprint density at radius 3 is 2.15 bits per heavy atom. The number of aryl methyl sites for hydroxylation is 1. The van der Waals surface area contributed by atoms with Crippen molar-refractivity contribution >= 4 is 11.8 Å². The lowest BCUT2D eigenvalue weighted by atomic mass is 10.1. The molecule has 0 spiro atoms. The quantitative estimate of drug-likeness (QED) is 0.506. The summed E-state index contributed by atoms with van der Waals surface area (Å²) >= 11 is 0. The van der Waals surface area contributed by atoms with Gasteiger partial charge in [0.2, 0.25) is 11.8 Å². The van der Waals surface area contributed by atoms with Gasteiger partial charge in [-0.05, 0) is 83.4 Å². The smallest absolute Gasteiger partial charge is 0.242 e. The van der Waals surface area contributed by atoms with Crippen LogP contribution >= 0.6 is 0 Å². The first-order chi connectivity index (χ1) is 16.0. The number of carbonyl (C=O) groups is 2. The summed E-state index contributed by atoms with van der Waals surface area (Å²) in [7, 11) is 0. The van der Waals surface area contributed by atoms with E-state index in [0.29, 0.717) is 31.1 Å². The summed E-state index contributed by atoms with van der Waals surface area (Å²) in [6.07, 6.45) is 0.701. The van der Waals surface area contributed by atoms with Gasteiger partial charge in [0, 0.05) is 18.5 Å². The first-order valence-electron chi connectivity index (χ1n) is 11.8. The number of ether oxygens (including phenoxy) is 2. The van der Waals surface area contributed by atoms with E-state index >= 15 is 0 Å². The Balaban J connectivity index is 2.19. The zero-order chi connectivity index (χ0) is 25.3. The molecule has 2 aromatic carbocycles.